The summed E-state index contributed by atoms with van der Waals surface area (Å²) >= 11 is 5.01. The van der Waals surface area contributed by atoms with Crippen molar-refractivity contribution in [3.8, 4) is 0 Å². The largest absolute Gasteiger partial charge is 0.388 e. The second-order valence-electron chi connectivity index (χ2n) is 4.45. The molecule has 0 spiro atoms. The summed E-state index contributed by atoms with van der Waals surface area (Å²) in [6.07, 6.45) is 2.57. The Kier molecular flexibility index (Phi) is 5.69. The number of carbonyl (C=O) groups excluding carboxylic acids is 1. The molecule has 1 rings (SSSR count). The van der Waals surface area contributed by atoms with E-state index in [1.165, 1.54) is 0 Å². The van der Waals surface area contributed by atoms with Crippen molar-refractivity contribution in [2.24, 2.45) is 5.73 Å². The van der Waals surface area contributed by atoms with Gasteiger partial charge in [-0.05, 0) is 18.6 Å². The van der Waals surface area contributed by atoms with Crippen LogP contribution in [0.4, 0.5) is 5.69 Å². The first-order valence-electron chi connectivity index (χ1n) is 6.17. The minimum atomic E-state index is 0.0335. The predicted molar refractivity (Wildman–Crippen MR) is 81.3 cm³/mol. The summed E-state index contributed by atoms with van der Waals surface area (Å²) < 4.78 is 0. The Balaban J connectivity index is 3.05. The first-order valence-corrected chi connectivity index (χ1v) is 6.58. The van der Waals surface area contributed by atoms with Crippen molar-refractivity contribution in [2.75, 3.05) is 32.1 Å². The molecule has 1 amide bonds. The number of carbonyl (C=O) groups is 1. The van der Waals surface area contributed by atoms with Crippen LogP contribution < -0.4 is 10.6 Å². The molecule has 104 valence electrons. The lowest BCUT2D eigenvalue weighted by molar-refractivity contribution is -0.127. The second kappa shape index (κ2) is 7.04. The number of aromatic nitrogens is 1. The highest BCUT2D eigenvalue weighted by Gasteiger charge is 2.17. The van der Waals surface area contributed by atoms with Gasteiger partial charge < -0.3 is 15.5 Å². The van der Waals surface area contributed by atoms with Crippen LogP contribution >= 0.6 is 12.2 Å². The van der Waals surface area contributed by atoms with Crippen molar-refractivity contribution in [1.29, 1.82) is 0 Å². The molecular formula is C13H20N4OS. The maximum Gasteiger partial charge on any atom is 0.241 e. The van der Waals surface area contributed by atoms with Crippen LogP contribution in [-0.4, -0.2) is 48.0 Å². The molecule has 1 aromatic rings. The number of nitrogens with zero attached hydrogens (tertiary/aromatic N) is 3. The van der Waals surface area contributed by atoms with Crippen LogP contribution in [0.2, 0.25) is 0 Å². The van der Waals surface area contributed by atoms with Crippen molar-refractivity contribution in [3.05, 3.63) is 24.0 Å². The van der Waals surface area contributed by atoms with Crippen molar-refractivity contribution in [1.82, 2.24) is 9.88 Å². The van der Waals surface area contributed by atoms with Crippen LogP contribution in [0, 0.1) is 0 Å². The van der Waals surface area contributed by atoms with Crippen LogP contribution in [0.3, 0.4) is 0 Å². The number of hydrogen-bond acceptors (Lipinski definition) is 4. The standard InChI is InChI=1S/C13H20N4OS/c1-4-8-17(9-11(18)16(2)3)10-6-5-7-15-12(10)13(14)19/h5-7H,4,8-9H2,1-3H3,(H2,14,19). The summed E-state index contributed by atoms with van der Waals surface area (Å²) in [5.74, 6) is 0.0335. The first kappa shape index (κ1) is 15.4. The zero-order valence-electron chi connectivity index (χ0n) is 11.6. The normalized spacial score (nSPS) is 10.1. The Hall–Kier alpha value is -1.69. The Labute approximate surface area is 119 Å². The number of nitrogens with two attached hydrogens (primary N) is 1. The van der Waals surface area contributed by atoms with Crippen LogP contribution in [0.15, 0.2) is 18.3 Å². The summed E-state index contributed by atoms with van der Waals surface area (Å²) in [5, 5.41) is 0. The molecule has 0 radical (unpaired) electrons. The van der Waals surface area contributed by atoms with Gasteiger partial charge in [-0.15, -0.1) is 0 Å². The fourth-order valence-corrected chi connectivity index (χ4v) is 1.86. The van der Waals surface area contributed by atoms with Gasteiger partial charge in [-0.3, -0.25) is 9.78 Å². The highest BCUT2D eigenvalue weighted by molar-refractivity contribution is 7.80. The first-order chi connectivity index (χ1) is 8.97. The highest BCUT2D eigenvalue weighted by Crippen LogP contribution is 2.18. The van der Waals surface area contributed by atoms with Crippen LogP contribution in [0.25, 0.3) is 0 Å². The zero-order valence-corrected chi connectivity index (χ0v) is 12.4. The lowest BCUT2D eigenvalue weighted by atomic mass is 10.2. The van der Waals surface area contributed by atoms with E-state index in [0.717, 1.165) is 18.7 Å². The second-order valence-corrected chi connectivity index (χ2v) is 4.88. The number of amides is 1. The van der Waals surface area contributed by atoms with E-state index in [-0.39, 0.29) is 10.9 Å². The maximum atomic E-state index is 11.9. The van der Waals surface area contributed by atoms with Gasteiger partial charge in [0, 0.05) is 26.8 Å². The smallest absolute Gasteiger partial charge is 0.241 e. The van der Waals surface area contributed by atoms with E-state index in [2.05, 4.69) is 11.9 Å². The predicted octanol–water partition coefficient (Wildman–Crippen LogP) is 1.02. The zero-order chi connectivity index (χ0) is 14.4. The van der Waals surface area contributed by atoms with Gasteiger partial charge in [0.1, 0.15) is 10.7 Å². The van der Waals surface area contributed by atoms with Crippen LogP contribution in [0.1, 0.15) is 19.0 Å². The molecule has 0 bridgehead atoms. The molecule has 0 saturated heterocycles. The van der Waals surface area contributed by atoms with Gasteiger partial charge in [-0.25, -0.2) is 0 Å². The lowest BCUT2D eigenvalue weighted by Gasteiger charge is -2.26. The molecule has 0 saturated carbocycles. The summed E-state index contributed by atoms with van der Waals surface area (Å²) in [5.41, 5.74) is 7.07. The Morgan fingerprint density at radius 2 is 2.16 bits per heavy atom. The van der Waals surface area contributed by atoms with E-state index < -0.39 is 0 Å². The molecule has 0 aliphatic rings. The molecule has 1 aromatic heterocycles. The molecule has 5 nitrogen and oxygen atoms in total. The Bertz CT molecular complexity index is 462. The molecule has 0 unspecified atom stereocenters. The third kappa shape index (κ3) is 4.17. The number of likely N-dealkylation sites (N-methyl/N-ethyl adjacent to an activating group) is 1. The average molecular weight is 280 g/mol. The molecule has 2 N–H and O–H groups in total. The van der Waals surface area contributed by atoms with Crippen LogP contribution in [-0.2, 0) is 4.79 Å². The Morgan fingerprint density at radius 1 is 1.47 bits per heavy atom. The fraction of sp³-hybridized carbons (Fsp3) is 0.462. The summed E-state index contributed by atoms with van der Waals surface area (Å²) in [4.78, 5) is 19.9. The van der Waals surface area contributed by atoms with Gasteiger partial charge in [-0.2, -0.15) is 0 Å². The minimum Gasteiger partial charge on any atom is -0.388 e. The van der Waals surface area contributed by atoms with Gasteiger partial charge in [0.05, 0.1) is 12.2 Å². The van der Waals surface area contributed by atoms with E-state index in [1.807, 2.05) is 17.0 Å². The molecule has 19 heavy (non-hydrogen) atoms. The van der Waals surface area contributed by atoms with Gasteiger partial charge in [0.15, 0.2) is 0 Å². The van der Waals surface area contributed by atoms with E-state index in [9.17, 15) is 4.79 Å². The van der Waals surface area contributed by atoms with Gasteiger partial charge in [0.25, 0.3) is 0 Å². The quantitative estimate of drug-likeness (QED) is 0.788. The lowest BCUT2D eigenvalue weighted by Crippen LogP contribution is -2.38. The number of hydrogen-bond donors (Lipinski definition) is 1. The van der Waals surface area contributed by atoms with E-state index in [4.69, 9.17) is 18.0 Å². The SMILES string of the molecule is CCCN(CC(=O)N(C)C)c1cccnc1C(N)=S. The molecular weight excluding hydrogens is 260 g/mol. The topological polar surface area (TPSA) is 62.5 Å². The highest BCUT2D eigenvalue weighted by atomic mass is 32.1. The van der Waals surface area contributed by atoms with Gasteiger partial charge in [-0.1, -0.05) is 19.1 Å². The molecule has 6 heteroatoms. The monoisotopic (exact) mass is 280 g/mol. The fourth-order valence-electron chi connectivity index (χ4n) is 1.70. The van der Waals surface area contributed by atoms with Crippen LogP contribution in [0.5, 0.6) is 0 Å². The van der Waals surface area contributed by atoms with E-state index >= 15 is 0 Å². The maximum absolute atomic E-state index is 11.9. The van der Waals surface area contributed by atoms with Gasteiger partial charge >= 0.3 is 0 Å². The van der Waals surface area contributed by atoms with Crippen molar-refractivity contribution < 1.29 is 4.79 Å². The van der Waals surface area contributed by atoms with Gasteiger partial charge in [0.2, 0.25) is 5.91 Å². The van der Waals surface area contributed by atoms with E-state index in [0.29, 0.717) is 12.2 Å². The molecule has 0 fully saturated rings. The molecule has 1 heterocycles. The minimum absolute atomic E-state index is 0.0335. The number of anilines is 1. The summed E-state index contributed by atoms with van der Waals surface area (Å²) in [6, 6.07) is 3.71. The summed E-state index contributed by atoms with van der Waals surface area (Å²) in [6.45, 7) is 3.10. The van der Waals surface area contributed by atoms with Crippen molar-refractivity contribution in [3.63, 3.8) is 0 Å². The van der Waals surface area contributed by atoms with Crippen molar-refractivity contribution in [2.45, 2.75) is 13.3 Å². The molecule has 0 atom stereocenters. The van der Waals surface area contributed by atoms with Crippen molar-refractivity contribution >= 4 is 28.8 Å². The third-order valence-corrected chi connectivity index (χ3v) is 2.87. The summed E-state index contributed by atoms with van der Waals surface area (Å²) in [7, 11) is 3.48. The molecule has 0 aliphatic heterocycles. The molecule has 0 aliphatic carbocycles. The Morgan fingerprint density at radius 3 is 2.68 bits per heavy atom. The average Bonchev–Trinajstić information content (AvgIpc) is 2.37. The number of pyridine rings is 1. The van der Waals surface area contributed by atoms with E-state index in [1.54, 1.807) is 25.2 Å². The number of rotatable bonds is 6. The third-order valence-electron chi connectivity index (χ3n) is 2.68. The molecule has 0 aromatic carbocycles. The number of thiocarbonyl (C=S) groups is 1.